The standard InChI is InChI=1S/C23H25N3O5S2/c1-4-14(2)16-5-8-18(9-6-16)24-21(27)15(3)31-22(28)17-7-10-19-20(13-17)32-23-25-33(29,30)12-11-26(19)23/h5-10,13-15H,4,11-12H2,1-3H3,(H,24,27)/t14-,15-/m1/s1. The number of carbonyl (C=O) groups excluding carboxylic acids is 2. The van der Waals surface area contributed by atoms with Crippen LogP contribution < -0.4 is 10.2 Å². The molecule has 2 aromatic rings. The summed E-state index contributed by atoms with van der Waals surface area (Å²) in [6, 6.07) is 12.6. The second kappa shape index (κ2) is 9.18. The van der Waals surface area contributed by atoms with Gasteiger partial charge in [-0.25, -0.2) is 13.2 Å². The van der Waals surface area contributed by atoms with E-state index in [0.717, 1.165) is 17.0 Å². The summed E-state index contributed by atoms with van der Waals surface area (Å²) in [7, 11) is -3.45. The minimum atomic E-state index is -3.45. The van der Waals surface area contributed by atoms with Crippen molar-refractivity contribution in [3.05, 3.63) is 53.6 Å². The molecule has 0 radical (unpaired) electrons. The number of hydrogen-bond donors (Lipinski definition) is 1. The topological polar surface area (TPSA) is 105 Å². The molecule has 8 nitrogen and oxygen atoms in total. The van der Waals surface area contributed by atoms with Gasteiger partial charge < -0.3 is 15.0 Å². The molecular weight excluding hydrogens is 462 g/mol. The van der Waals surface area contributed by atoms with Crippen LogP contribution in [-0.2, 0) is 19.6 Å². The maximum Gasteiger partial charge on any atom is 0.338 e. The Hall–Kier alpha value is -2.85. The van der Waals surface area contributed by atoms with Crippen LogP contribution in [0, 0.1) is 0 Å². The molecule has 0 unspecified atom stereocenters. The van der Waals surface area contributed by atoms with Crippen molar-refractivity contribution in [1.82, 2.24) is 0 Å². The number of anilines is 2. The lowest BCUT2D eigenvalue weighted by molar-refractivity contribution is -0.123. The van der Waals surface area contributed by atoms with Gasteiger partial charge >= 0.3 is 5.97 Å². The van der Waals surface area contributed by atoms with E-state index in [0.29, 0.717) is 23.3 Å². The van der Waals surface area contributed by atoms with Gasteiger partial charge in [-0.05, 0) is 66.9 Å². The Bertz CT molecular complexity index is 1230. The number of hydrogen-bond acceptors (Lipinski definition) is 7. The molecule has 0 aromatic heterocycles. The van der Waals surface area contributed by atoms with E-state index in [1.807, 2.05) is 29.2 Å². The van der Waals surface area contributed by atoms with Crippen LogP contribution >= 0.6 is 11.8 Å². The van der Waals surface area contributed by atoms with Crippen molar-refractivity contribution in [3.8, 4) is 0 Å². The zero-order chi connectivity index (χ0) is 23.8. The molecular formula is C23H25N3O5S2. The zero-order valence-electron chi connectivity index (χ0n) is 18.6. The number of thioether (sulfide) groups is 1. The molecule has 0 spiro atoms. The molecule has 2 aliphatic rings. The lowest BCUT2D eigenvalue weighted by Gasteiger charge is -2.22. The number of esters is 1. The number of nitrogens with one attached hydrogen (secondary N) is 1. The molecule has 1 amide bonds. The summed E-state index contributed by atoms with van der Waals surface area (Å²) in [5.74, 6) is -0.662. The maximum atomic E-state index is 12.6. The Kier molecular flexibility index (Phi) is 6.49. The second-order valence-corrected chi connectivity index (χ2v) is 10.8. The third-order valence-electron chi connectivity index (χ3n) is 5.72. The molecule has 0 saturated carbocycles. The average molecular weight is 488 g/mol. The molecule has 2 heterocycles. The van der Waals surface area contributed by atoms with Crippen molar-refractivity contribution in [1.29, 1.82) is 0 Å². The van der Waals surface area contributed by atoms with Crippen LogP contribution in [0.4, 0.5) is 11.4 Å². The van der Waals surface area contributed by atoms with E-state index in [4.69, 9.17) is 4.74 Å². The van der Waals surface area contributed by atoms with Crippen LogP contribution in [0.15, 0.2) is 51.8 Å². The number of benzene rings is 2. The quantitative estimate of drug-likeness (QED) is 0.614. The molecule has 0 aliphatic carbocycles. The number of amidine groups is 1. The number of ether oxygens (including phenoxy) is 1. The summed E-state index contributed by atoms with van der Waals surface area (Å²) in [4.78, 5) is 27.7. The average Bonchev–Trinajstić information content (AvgIpc) is 3.14. The fourth-order valence-corrected chi connectivity index (χ4v) is 5.81. The zero-order valence-corrected chi connectivity index (χ0v) is 20.2. The smallest absolute Gasteiger partial charge is 0.338 e. The van der Waals surface area contributed by atoms with Crippen LogP contribution in [0.1, 0.15) is 49.0 Å². The molecule has 4 rings (SSSR count). The van der Waals surface area contributed by atoms with Crippen molar-refractivity contribution < 1.29 is 22.7 Å². The number of rotatable bonds is 6. The van der Waals surface area contributed by atoms with Crippen molar-refractivity contribution >= 4 is 50.2 Å². The van der Waals surface area contributed by atoms with Gasteiger partial charge in [0.25, 0.3) is 15.9 Å². The summed E-state index contributed by atoms with van der Waals surface area (Å²) >= 11 is 1.20. The molecule has 2 atom stereocenters. The number of nitrogens with zero attached hydrogens (tertiary/aromatic N) is 2. The minimum absolute atomic E-state index is 0.0483. The summed E-state index contributed by atoms with van der Waals surface area (Å²) < 4.78 is 32.7. The second-order valence-electron chi connectivity index (χ2n) is 8.06. The van der Waals surface area contributed by atoms with Crippen LogP contribution in [0.25, 0.3) is 0 Å². The van der Waals surface area contributed by atoms with Crippen LogP contribution in [0.3, 0.4) is 0 Å². The fraction of sp³-hybridized carbons (Fsp3) is 0.348. The monoisotopic (exact) mass is 487 g/mol. The third kappa shape index (κ3) is 5.06. The Labute approximate surface area is 197 Å². The van der Waals surface area contributed by atoms with Crippen molar-refractivity contribution in [3.63, 3.8) is 0 Å². The van der Waals surface area contributed by atoms with Gasteiger partial charge in [0.2, 0.25) is 0 Å². The highest BCUT2D eigenvalue weighted by atomic mass is 32.2. The molecule has 1 N–H and O–H groups in total. The first kappa shape index (κ1) is 23.3. The fourth-order valence-electron chi connectivity index (χ4n) is 3.51. The molecule has 0 saturated heterocycles. The van der Waals surface area contributed by atoms with Gasteiger partial charge in [-0.15, -0.1) is 4.40 Å². The summed E-state index contributed by atoms with van der Waals surface area (Å²) in [5.41, 5.74) is 2.92. The summed E-state index contributed by atoms with van der Waals surface area (Å²) in [5, 5.41) is 3.15. The summed E-state index contributed by atoms with van der Waals surface area (Å²) in [6.45, 7) is 6.11. The van der Waals surface area contributed by atoms with Crippen molar-refractivity contribution in [2.45, 2.75) is 44.1 Å². The Balaban J connectivity index is 1.39. The highest BCUT2D eigenvalue weighted by molar-refractivity contribution is 8.15. The van der Waals surface area contributed by atoms with Crippen LogP contribution in [-0.4, -0.2) is 43.9 Å². The molecule has 2 aromatic carbocycles. The van der Waals surface area contributed by atoms with Gasteiger partial charge in [-0.2, -0.15) is 0 Å². The van der Waals surface area contributed by atoms with Gasteiger partial charge in [0.05, 0.1) is 17.0 Å². The van der Waals surface area contributed by atoms with Crippen LogP contribution in [0.5, 0.6) is 0 Å². The highest BCUT2D eigenvalue weighted by Gasteiger charge is 2.33. The molecule has 10 heteroatoms. The van der Waals surface area contributed by atoms with E-state index in [9.17, 15) is 18.0 Å². The van der Waals surface area contributed by atoms with Gasteiger partial charge in [0, 0.05) is 17.1 Å². The lowest BCUT2D eigenvalue weighted by atomic mass is 9.99. The third-order valence-corrected chi connectivity index (χ3v) is 8.03. The van der Waals surface area contributed by atoms with E-state index in [2.05, 4.69) is 23.6 Å². The van der Waals surface area contributed by atoms with Gasteiger partial charge in [0.15, 0.2) is 11.3 Å². The van der Waals surface area contributed by atoms with E-state index in [-0.39, 0.29) is 11.3 Å². The summed E-state index contributed by atoms with van der Waals surface area (Å²) in [6.07, 6.45) is 0.0407. The number of sulfonamides is 1. The van der Waals surface area contributed by atoms with E-state index >= 15 is 0 Å². The molecule has 174 valence electrons. The van der Waals surface area contributed by atoms with Crippen LogP contribution in [0.2, 0.25) is 0 Å². The SMILES string of the molecule is CC[C@@H](C)c1ccc(NC(=O)[C@@H](C)OC(=O)c2ccc3c(c2)SC2=NS(=O)(=O)CCN23)cc1. The Morgan fingerprint density at radius 3 is 2.61 bits per heavy atom. The first-order chi connectivity index (χ1) is 15.7. The molecule has 0 bridgehead atoms. The van der Waals surface area contributed by atoms with Gasteiger partial charge in [0.1, 0.15) is 0 Å². The Morgan fingerprint density at radius 2 is 1.91 bits per heavy atom. The first-order valence-corrected chi connectivity index (χ1v) is 13.1. The van der Waals surface area contributed by atoms with Crippen molar-refractivity contribution in [2.24, 2.45) is 4.40 Å². The van der Waals surface area contributed by atoms with Crippen molar-refractivity contribution in [2.75, 3.05) is 22.5 Å². The minimum Gasteiger partial charge on any atom is -0.449 e. The predicted octanol–water partition coefficient (Wildman–Crippen LogP) is 4.00. The van der Waals surface area contributed by atoms with E-state index < -0.39 is 28.0 Å². The molecule has 33 heavy (non-hydrogen) atoms. The number of amides is 1. The van der Waals surface area contributed by atoms with Gasteiger partial charge in [-0.1, -0.05) is 26.0 Å². The largest absolute Gasteiger partial charge is 0.449 e. The lowest BCUT2D eigenvalue weighted by Crippen LogP contribution is -2.35. The molecule has 0 fully saturated rings. The molecule has 2 aliphatic heterocycles. The normalized spacial score (nSPS) is 17.9. The first-order valence-electron chi connectivity index (χ1n) is 10.7. The maximum absolute atomic E-state index is 12.6. The van der Waals surface area contributed by atoms with E-state index in [1.54, 1.807) is 18.2 Å². The Morgan fingerprint density at radius 1 is 1.18 bits per heavy atom. The highest BCUT2D eigenvalue weighted by Crippen LogP contribution is 2.42. The van der Waals surface area contributed by atoms with Gasteiger partial charge in [-0.3, -0.25) is 4.79 Å². The number of carbonyl (C=O) groups is 2. The predicted molar refractivity (Wildman–Crippen MR) is 130 cm³/mol. The van der Waals surface area contributed by atoms with E-state index in [1.165, 1.54) is 24.2 Å². The number of fused-ring (bicyclic) bond motifs is 3.